The van der Waals surface area contributed by atoms with Gasteiger partial charge in [-0.3, -0.25) is 4.79 Å². The zero-order valence-corrected chi connectivity index (χ0v) is 25.6. The summed E-state index contributed by atoms with van der Waals surface area (Å²) in [5, 5.41) is 3.23. The molecule has 0 aliphatic heterocycles. The van der Waals surface area contributed by atoms with Crippen LogP contribution in [0.1, 0.15) is 146 Å². The molecular formula is C33H59NO4. The van der Waals surface area contributed by atoms with Crippen molar-refractivity contribution in [3.8, 4) is 17.2 Å². The summed E-state index contributed by atoms with van der Waals surface area (Å²) in [7, 11) is 1.96. The lowest BCUT2D eigenvalue weighted by atomic mass is 9.97. The average Bonchev–Trinajstić information content (AvgIpc) is 2.91. The molecule has 1 aromatic rings. The second-order valence-electron chi connectivity index (χ2n) is 10.6. The minimum atomic E-state index is 0.0520. The molecule has 5 nitrogen and oxygen atoms in total. The maximum Gasteiger partial charge on any atom is 0.203 e. The summed E-state index contributed by atoms with van der Waals surface area (Å²) in [5.74, 6) is 2.15. The van der Waals surface area contributed by atoms with Crippen LogP contribution in [0.25, 0.3) is 0 Å². The van der Waals surface area contributed by atoms with Crippen LogP contribution in [0.15, 0.2) is 6.07 Å². The number of Topliss-reactive ketones (excluding diaryl/α,β-unsaturated/α-hetero) is 1. The van der Waals surface area contributed by atoms with Crippen LogP contribution in [-0.2, 0) is 6.42 Å². The molecular weight excluding hydrogens is 474 g/mol. The fourth-order valence-corrected chi connectivity index (χ4v) is 4.70. The van der Waals surface area contributed by atoms with Gasteiger partial charge in [-0.1, -0.05) is 97.8 Å². The van der Waals surface area contributed by atoms with Crippen LogP contribution in [0.4, 0.5) is 0 Å². The maximum atomic E-state index is 12.8. The molecule has 1 N–H and O–H groups in total. The van der Waals surface area contributed by atoms with Crippen molar-refractivity contribution in [1.82, 2.24) is 5.32 Å². The predicted molar refractivity (Wildman–Crippen MR) is 161 cm³/mol. The Balaban J connectivity index is 3.21. The van der Waals surface area contributed by atoms with Gasteiger partial charge in [0, 0.05) is 11.1 Å². The van der Waals surface area contributed by atoms with Crippen molar-refractivity contribution in [3.05, 3.63) is 17.2 Å². The highest BCUT2D eigenvalue weighted by atomic mass is 16.5. The number of ether oxygens (including phenoxy) is 3. The van der Waals surface area contributed by atoms with Crippen molar-refractivity contribution in [2.24, 2.45) is 0 Å². The third-order valence-electron chi connectivity index (χ3n) is 7.03. The fourth-order valence-electron chi connectivity index (χ4n) is 4.70. The highest BCUT2D eigenvalue weighted by Gasteiger charge is 2.24. The topological polar surface area (TPSA) is 56.8 Å². The van der Waals surface area contributed by atoms with Crippen molar-refractivity contribution < 1.29 is 19.0 Å². The van der Waals surface area contributed by atoms with Gasteiger partial charge in [-0.25, -0.2) is 0 Å². The van der Waals surface area contributed by atoms with E-state index in [0.717, 1.165) is 69.2 Å². The normalized spacial score (nSPS) is 11.1. The summed E-state index contributed by atoms with van der Waals surface area (Å²) in [6.07, 6.45) is 19.4. The van der Waals surface area contributed by atoms with Crippen LogP contribution in [-0.4, -0.2) is 39.2 Å². The van der Waals surface area contributed by atoms with Crippen LogP contribution in [0.3, 0.4) is 0 Å². The summed E-state index contributed by atoms with van der Waals surface area (Å²) in [6, 6.07) is 1.92. The first-order valence-electron chi connectivity index (χ1n) is 15.8. The Bertz CT molecular complexity index is 734. The van der Waals surface area contributed by atoms with Gasteiger partial charge in [0.2, 0.25) is 5.75 Å². The fraction of sp³-hybridized carbons (Fsp3) is 0.788. The monoisotopic (exact) mass is 533 g/mol. The summed E-state index contributed by atoms with van der Waals surface area (Å²) >= 11 is 0. The largest absolute Gasteiger partial charge is 0.490 e. The molecule has 0 saturated carbocycles. The number of carbonyl (C=O) groups excluding carboxylic acids is 1. The molecule has 1 rings (SSSR count). The minimum absolute atomic E-state index is 0.0520. The molecule has 38 heavy (non-hydrogen) atoms. The number of hydrogen-bond donors (Lipinski definition) is 1. The van der Waals surface area contributed by atoms with E-state index in [4.69, 9.17) is 14.2 Å². The summed E-state index contributed by atoms with van der Waals surface area (Å²) in [6.45, 7) is 11.1. The van der Waals surface area contributed by atoms with E-state index in [0.29, 0.717) is 36.9 Å². The molecule has 0 saturated heterocycles. The van der Waals surface area contributed by atoms with Crippen LogP contribution < -0.4 is 19.5 Å². The highest BCUT2D eigenvalue weighted by Crippen LogP contribution is 2.44. The third kappa shape index (κ3) is 14.4. The van der Waals surface area contributed by atoms with E-state index in [1.165, 1.54) is 57.8 Å². The lowest BCUT2D eigenvalue weighted by molar-refractivity contribution is 0.101. The molecule has 0 fully saturated rings. The zero-order chi connectivity index (χ0) is 27.8. The second kappa shape index (κ2) is 23.2. The van der Waals surface area contributed by atoms with Gasteiger partial charge in [-0.2, -0.15) is 0 Å². The van der Waals surface area contributed by atoms with Crippen molar-refractivity contribution in [3.63, 3.8) is 0 Å². The SMILES string of the molecule is CCCCCCCOc1cc(C(C)=O)c(CCCNC)c(OCCCCCCC)c1OCCCCCCC. The third-order valence-corrected chi connectivity index (χ3v) is 7.03. The first-order valence-corrected chi connectivity index (χ1v) is 15.8. The van der Waals surface area contributed by atoms with E-state index in [1.807, 2.05) is 13.1 Å². The number of hydrogen-bond acceptors (Lipinski definition) is 5. The molecule has 0 amide bonds. The van der Waals surface area contributed by atoms with Gasteiger partial charge in [0.05, 0.1) is 19.8 Å². The Kier molecular flexibility index (Phi) is 20.9. The first-order chi connectivity index (χ1) is 18.6. The predicted octanol–water partition coefficient (Wildman–Crippen LogP) is 9.09. The van der Waals surface area contributed by atoms with Crippen molar-refractivity contribution in [2.45, 2.75) is 137 Å². The molecule has 0 heterocycles. The van der Waals surface area contributed by atoms with Crippen LogP contribution >= 0.6 is 0 Å². The molecule has 0 aliphatic rings. The molecule has 0 aliphatic carbocycles. The Labute approximate surface area is 234 Å². The maximum absolute atomic E-state index is 12.8. The summed E-state index contributed by atoms with van der Waals surface area (Å²) < 4.78 is 19.2. The molecule has 0 bridgehead atoms. The second-order valence-corrected chi connectivity index (χ2v) is 10.6. The summed E-state index contributed by atoms with van der Waals surface area (Å²) in [5.41, 5.74) is 1.68. The number of nitrogens with one attached hydrogen (secondary N) is 1. The Morgan fingerprint density at radius 1 is 0.658 bits per heavy atom. The molecule has 220 valence electrons. The summed E-state index contributed by atoms with van der Waals surface area (Å²) in [4.78, 5) is 12.8. The highest BCUT2D eigenvalue weighted by molar-refractivity contribution is 5.97. The molecule has 0 aromatic heterocycles. The van der Waals surface area contributed by atoms with Crippen molar-refractivity contribution in [2.75, 3.05) is 33.4 Å². The number of unbranched alkanes of at least 4 members (excludes halogenated alkanes) is 12. The van der Waals surface area contributed by atoms with Gasteiger partial charge in [0.1, 0.15) is 0 Å². The molecule has 5 heteroatoms. The van der Waals surface area contributed by atoms with Crippen molar-refractivity contribution in [1.29, 1.82) is 0 Å². The number of ketones is 1. The number of carbonyl (C=O) groups is 1. The van der Waals surface area contributed by atoms with Gasteiger partial charge in [0.15, 0.2) is 17.3 Å². The van der Waals surface area contributed by atoms with E-state index < -0.39 is 0 Å². The van der Waals surface area contributed by atoms with E-state index in [-0.39, 0.29) is 5.78 Å². The average molecular weight is 534 g/mol. The van der Waals surface area contributed by atoms with Crippen LogP contribution in [0, 0.1) is 0 Å². The van der Waals surface area contributed by atoms with E-state index in [9.17, 15) is 4.79 Å². The van der Waals surface area contributed by atoms with Crippen LogP contribution in [0.2, 0.25) is 0 Å². The minimum Gasteiger partial charge on any atom is -0.490 e. The van der Waals surface area contributed by atoms with Gasteiger partial charge in [-0.15, -0.1) is 0 Å². The molecule has 0 radical (unpaired) electrons. The van der Waals surface area contributed by atoms with Crippen LogP contribution in [0.5, 0.6) is 17.2 Å². The van der Waals surface area contributed by atoms with E-state index in [2.05, 4.69) is 26.1 Å². The lowest BCUT2D eigenvalue weighted by Gasteiger charge is -2.22. The molecule has 1 aromatic carbocycles. The smallest absolute Gasteiger partial charge is 0.203 e. The number of rotatable bonds is 26. The van der Waals surface area contributed by atoms with Crippen molar-refractivity contribution >= 4 is 5.78 Å². The zero-order valence-electron chi connectivity index (χ0n) is 25.6. The van der Waals surface area contributed by atoms with Gasteiger partial charge < -0.3 is 19.5 Å². The molecule has 0 spiro atoms. The quantitative estimate of drug-likeness (QED) is 0.0950. The lowest BCUT2D eigenvalue weighted by Crippen LogP contribution is -2.14. The number of benzene rings is 1. The first kappa shape index (κ1) is 34.3. The Morgan fingerprint density at radius 2 is 1.13 bits per heavy atom. The standard InChI is InChI=1S/C33H59NO4/c1-6-9-12-15-18-24-36-31-27-30(28(4)35)29(22-21-23-34-5)32(37-25-19-16-13-10-7-2)33(31)38-26-20-17-14-11-8-3/h27,34H,6-26H2,1-5H3. The van der Waals surface area contributed by atoms with Gasteiger partial charge in [0.25, 0.3) is 0 Å². The van der Waals surface area contributed by atoms with Gasteiger partial charge in [-0.05, 0) is 58.7 Å². The van der Waals surface area contributed by atoms with E-state index in [1.54, 1.807) is 6.92 Å². The Hall–Kier alpha value is -1.75. The molecule has 0 unspecified atom stereocenters. The van der Waals surface area contributed by atoms with E-state index >= 15 is 0 Å². The molecule has 0 atom stereocenters. The van der Waals surface area contributed by atoms with Gasteiger partial charge >= 0.3 is 0 Å². The Morgan fingerprint density at radius 3 is 1.61 bits per heavy atom.